The lowest BCUT2D eigenvalue weighted by molar-refractivity contribution is -0.122. The van der Waals surface area contributed by atoms with Crippen LogP contribution in [0.3, 0.4) is 0 Å². The third-order valence-electron chi connectivity index (χ3n) is 4.75. The molecule has 0 aliphatic heterocycles. The van der Waals surface area contributed by atoms with Gasteiger partial charge in [-0.2, -0.15) is 0 Å². The SMILES string of the molecule is CCC(C)NC(=O)Cn1cc(C(=O)c2ccc(Br)cc2)c(=O)c2ccc(C)nc21. The topological polar surface area (TPSA) is 81.1 Å². The van der Waals surface area contributed by atoms with E-state index in [-0.39, 0.29) is 35.3 Å². The van der Waals surface area contributed by atoms with E-state index in [4.69, 9.17) is 0 Å². The minimum atomic E-state index is -0.390. The quantitative estimate of drug-likeness (QED) is 0.575. The van der Waals surface area contributed by atoms with Gasteiger partial charge in [0.25, 0.3) is 0 Å². The predicted octanol–water partition coefficient (Wildman–Crippen LogP) is 3.61. The average molecular weight is 456 g/mol. The highest BCUT2D eigenvalue weighted by Crippen LogP contribution is 2.16. The molecule has 1 aromatic carbocycles. The molecule has 0 fully saturated rings. The summed E-state index contributed by atoms with van der Waals surface area (Å²) in [5, 5.41) is 3.22. The number of amides is 1. The van der Waals surface area contributed by atoms with Gasteiger partial charge in [-0.1, -0.05) is 22.9 Å². The zero-order chi connectivity index (χ0) is 21.1. The number of aromatic nitrogens is 2. The van der Waals surface area contributed by atoms with E-state index < -0.39 is 0 Å². The van der Waals surface area contributed by atoms with Gasteiger partial charge in [0, 0.05) is 28.0 Å². The zero-order valence-corrected chi connectivity index (χ0v) is 18.1. The number of nitrogens with one attached hydrogen (secondary N) is 1. The molecule has 3 aromatic rings. The van der Waals surface area contributed by atoms with Crippen LogP contribution in [0.5, 0.6) is 0 Å². The molecule has 1 unspecified atom stereocenters. The van der Waals surface area contributed by atoms with E-state index >= 15 is 0 Å². The molecule has 0 aliphatic carbocycles. The molecule has 150 valence electrons. The first-order chi connectivity index (χ1) is 13.8. The van der Waals surface area contributed by atoms with Crippen molar-refractivity contribution < 1.29 is 9.59 Å². The Morgan fingerprint density at radius 1 is 1.17 bits per heavy atom. The summed E-state index contributed by atoms with van der Waals surface area (Å²) < 4.78 is 2.42. The smallest absolute Gasteiger partial charge is 0.240 e. The molecule has 0 bridgehead atoms. The number of nitrogens with zero attached hydrogens (tertiary/aromatic N) is 2. The Morgan fingerprint density at radius 3 is 2.52 bits per heavy atom. The van der Waals surface area contributed by atoms with Gasteiger partial charge in [-0.25, -0.2) is 4.98 Å². The molecular weight excluding hydrogens is 434 g/mol. The number of pyridine rings is 2. The lowest BCUT2D eigenvalue weighted by atomic mass is 10.0. The summed E-state index contributed by atoms with van der Waals surface area (Å²) >= 11 is 3.34. The summed E-state index contributed by atoms with van der Waals surface area (Å²) in [6.07, 6.45) is 2.25. The number of hydrogen-bond acceptors (Lipinski definition) is 4. The summed E-state index contributed by atoms with van der Waals surface area (Å²) in [7, 11) is 0. The van der Waals surface area contributed by atoms with Crippen molar-refractivity contribution in [1.82, 2.24) is 14.9 Å². The Bertz CT molecular complexity index is 1140. The minimum Gasteiger partial charge on any atom is -0.352 e. The van der Waals surface area contributed by atoms with Crippen molar-refractivity contribution in [3.63, 3.8) is 0 Å². The van der Waals surface area contributed by atoms with Gasteiger partial charge in [0.1, 0.15) is 12.2 Å². The van der Waals surface area contributed by atoms with Gasteiger partial charge in [0.15, 0.2) is 5.78 Å². The number of fused-ring (bicyclic) bond motifs is 1. The third-order valence-corrected chi connectivity index (χ3v) is 5.27. The Morgan fingerprint density at radius 2 is 1.86 bits per heavy atom. The normalized spacial score (nSPS) is 12.0. The molecule has 2 aromatic heterocycles. The highest BCUT2D eigenvalue weighted by Gasteiger charge is 2.19. The van der Waals surface area contributed by atoms with E-state index in [9.17, 15) is 14.4 Å². The molecule has 1 atom stereocenters. The van der Waals surface area contributed by atoms with E-state index in [1.807, 2.05) is 20.8 Å². The Labute approximate surface area is 177 Å². The maximum Gasteiger partial charge on any atom is 0.240 e. The molecule has 0 spiro atoms. The lowest BCUT2D eigenvalue weighted by Gasteiger charge is -2.15. The molecule has 0 saturated heterocycles. The minimum absolute atomic E-state index is 0.0156. The van der Waals surface area contributed by atoms with Crippen LogP contribution in [0.25, 0.3) is 11.0 Å². The van der Waals surface area contributed by atoms with E-state index in [0.29, 0.717) is 16.6 Å². The van der Waals surface area contributed by atoms with Crippen molar-refractivity contribution in [2.24, 2.45) is 0 Å². The fraction of sp³-hybridized carbons (Fsp3) is 0.273. The average Bonchev–Trinajstić information content (AvgIpc) is 2.70. The van der Waals surface area contributed by atoms with E-state index in [2.05, 4.69) is 26.2 Å². The molecule has 0 saturated carbocycles. The van der Waals surface area contributed by atoms with Crippen molar-refractivity contribution in [1.29, 1.82) is 0 Å². The van der Waals surface area contributed by atoms with Crippen LogP contribution >= 0.6 is 15.9 Å². The molecule has 3 rings (SSSR count). The van der Waals surface area contributed by atoms with Crippen LogP contribution in [0.15, 0.2) is 51.9 Å². The molecule has 6 nitrogen and oxygen atoms in total. The molecule has 1 amide bonds. The Kier molecular flexibility index (Phi) is 6.27. The van der Waals surface area contributed by atoms with Gasteiger partial charge in [-0.05, 0) is 56.7 Å². The standard InChI is InChI=1S/C22H22BrN3O3/c1-4-13(2)24-19(27)12-26-11-18(20(28)15-6-8-16(23)9-7-15)21(29)17-10-5-14(3)25-22(17)26/h5-11,13H,4,12H2,1-3H3,(H,24,27). The molecule has 29 heavy (non-hydrogen) atoms. The molecule has 2 heterocycles. The van der Waals surface area contributed by atoms with E-state index in [1.54, 1.807) is 41.0 Å². The van der Waals surface area contributed by atoms with Crippen molar-refractivity contribution in [2.75, 3.05) is 0 Å². The predicted molar refractivity (Wildman–Crippen MR) is 116 cm³/mol. The fourth-order valence-electron chi connectivity index (χ4n) is 2.98. The first-order valence-corrected chi connectivity index (χ1v) is 10.2. The van der Waals surface area contributed by atoms with Crippen molar-refractivity contribution in [3.8, 4) is 0 Å². The van der Waals surface area contributed by atoms with Crippen LogP contribution in [0, 0.1) is 6.92 Å². The lowest BCUT2D eigenvalue weighted by Crippen LogP contribution is -2.35. The van der Waals surface area contributed by atoms with Crippen LogP contribution in [0.4, 0.5) is 0 Å². The summed E-state index contributed by atoms with van der Waals surface area (Å²) in [4.78, 5) is 42.9. The highest BCUT2D eigenvalue weighted by atomic mass is 79.9. The number of halogens is 1. The number of benzene rings is 1. The second-order valence-electron chi connectivity index (χ2n) is 7.04. The van der Waals surface area contributed by atoms with E-state index in [0.717, 1.165) is 16.6 Å². The number of aryl methyl sites for hydroxylation is 1. The largest absolute Gasteiger partial charge is 0.352 e. The van der Waals surface area contributed by atoms with Gasteiger partial charge < -0.3 is 9.88 Å². The number of carbonyl (C=O) groups is 2. The maximum absolute atomic E-state index is 13.0. The molecule has 7 heteroatoms. The van der Waals surface area contributed by atoms with Crippen molar-refractivity contribution >= 4 is 38.7 Å². The number of carbonyl (C=O) groups excluding carboxylic acids is 2. The second kappa shape index (κ2) is 8.69. The molecule has 0 aliphatic rings. The fourth-order valence-corrected chi connectivity index (χ4v) is 3.24. The Balaban J connectivity index is 2.11. The molecule has 1 N–H and O–H groups in total. The number of hydrogen-bond donors (Lipinski definition) is 1. The van der Waals surface area contributed by atoms with E-state index in [1.165, 1.54) is 6.20 Å². The van der Waals surface area contributed by atoms with Crippen LogP contribution in [-0.4, -0.2) is 27.3 Å². The summed E-state index contributed by atoms with van der Waals surface area (Å²) in [6, 6.07) is 10.2. The van der Waals surface area contributed by atoms with Gasteiger partial charge in [0.2, 0.25) is 11.3 Å². The van der Waals surface area contributed by atoms with Crippen molar-refractivity contribution in [3.05, 3.63) is 74.1 Å². The summed E-state index contributed by atoms with van der Waals surface area (Å²) in [6.45, 7) is 5.69. The first kappa shape index (κ1) is 20.9. The van der Waals surface area contributed by atoms with Crippen LogP contribution in [-0.2, 0) is 11.3 Å². The number of rotatable bonds is 6. The Hall–Kier alpha value is -2.80. The van der Waals surface area contributed by atoms with Gasteiger partial charge in [0.05, 0.1) is 10.9 Å². The maximum atomic E-state index is 13.0. The van der Waals surface area contributed by atoms with Crippen molar-refractivity contribution in [2.45, 2.75) is 39.8 Å². The zero-order valence-electron chi connectivity index (χ0n) is 16.5. The van der Waals surface area contributed by atoms with Crippen LogP contribution in [0.2, 0.25) is 0 Å². The number of ketones is 1. The van der Waals surface area contributed by atoms with Crippen LogP contribution < -0.4 is 10.7 Å². The summed E-state index contributed by atoms with van der Waals surface area (Å²) in [5.74, 6) is -0.587. The van der Waals surface area contributed by atoms with Gasteiger partial charge in [-0.15, -0.1) is 0 Å². The van der Waals surface area contributed by atoms with Crippen LogP contribution in [0.1, 0.15) is 41.9 Å². The second-order valence-corrected chi connectivity index (χ2v) is 7.95. The van der Waals surface area contributed by atoms with Gasteiger partial charge >= 0.3 is 0 Å². The molecule has 0 radical (unpaired) electrons. The summed E-state index contributed by atoms with van der Waals surface area (Å²) in [5.41, 5.74) is 1.14. The monoisotopic (exact) mass is 455 g/mol. The molecular formula is C22H22BrN3O3. The first-order valence-electron chi connectivity index (χ1n) is 9.40. The highest BCUT2D eigenvalue weighted by molar-refractivity contribution is 9.10. The third kappa shape index (κ3) is 4.62. The van der Waals surface area contributed by atoms with Gasteiger partial charge in [-0.3, -0.25) is 14.4 Å².